The summed E-state index contributed by atoms with van der Waals surface area (Å²) in [5, 5.41) is 0. The van der Waals surface area contributed by atoms with Crippen LogP contribution in [-0.4, -0.2) is 62.1 Å². The summed E-state index contributed by atoms with van der Waals surface area (Å²) in [5.74, 6) is 1.02. The monoisotopic (exact) mass is 509 g/mol. The number of nitrogens with zero attached hydrogens (tertiary/aromatic N) is 5. The SMILES string of the molecule is O=S(=O)(c1ccc(F)cc1)N1CCc2nc(N3CCc4ccccc4C3)nc(N3CCOCC3)c2C1. The van der Waals surface area contributed by atoms with Crippen LogP contribution in [0.4, 0.5) is 16.2 Å². The van der Waals surface area contributed by atoms with Crippen LogP contribution in [0.2, 0.25) is 0 Å². The second-order valence-corrected chi connectivity index (χ2v) is 11.3. The molecule has 0 bridgehead atoms. The Kier molecular flexibility index (Phi) is 6.10. The molecule has 0 spiro atoms. The molecule has 3 aliphatic heterocycles. The highest BCUT2D eigenvalue weighted by Gasteiger charge is 2.33. The van der Waals surface area contributed by atoms with Crippen LogP contribution in [0, 0.1) is 5.82 Å². The first-order chi connectivity index (χ1) is 17.5. The fourth-order valence-electron chi connectivity index (χ4n) is 5.16. The molecule has 0 radical (unpaired) electrons. The molecule has 8 nitrogen and oxygen atoms in total. The summed E-state index contributed by atoms with van der Waals surface area (Å²) in [6, 6.07) is 13.5. The number of halogens is 1. The number of hydrogen-bond acceptors (Lipinski definition) is 7. The Morgan fingerprint density at radius 3 is 2.33 bits per heavy atom. The molecule has 0 atom stereocenters. The fourth-order valence-corrected chi connectivity index (χ4v) is 6.57. The third-order valence-corrected chi connectivity index (χ3v) is 9.03. The number of rotatable bonds is 4. The van der Waals surface area contributed by atoms with Crippen molar-refractivity contribution in [1.82, 2.24) is 14.3 Å². The Morgan fingerprint density at radius 1 is 0.806 bits per heavy atom. The van der Waals surface area contributed by atoms with Crippen LogP contribution >= 0.6 is 0 Å². The van der Waals surface area contributed by atoms with E-state index < -0.39 is 15.8 Å². The number of anilines is 2. The first kappa shape index (κ1) is 23.3. The number of sulfonamides is 1. The highest BCUT2D eigenvalue weighted by atomic mass is 32.2. The van der Waals surface area contributed by atoms with Crippen molar-refractivity contribution in [2.75, 3.05) is 49.2 Å². The van der Waals surface area contributed by atoms with Gasteiger partial charge >= 0.3 is 0 Å². The van der Waals surface area contributed by atoms with Crippen LogP contribution in [0.3, 0.4) is 0 Å². The first-order valence-corrected chi connectivity index (χ1v) is 13.7. The van der Waals surface area contributed by atoms with Crippen molar-refractivity contribution < 1.29 is 17.5 Å². The van der Waals surface area contributed by atoms with E-state index in [9.17, 15) is 12.8 Å². The summed E-state index contributed by atoms with van der Waals surface area (Å²) >= 11 is 0. The molecule has 2 aromatic carbocycles. The fraction of sp³-hybridized carbons (Fsp3) is 0.385. The zero-order valence-corrected chi connectivity index (χ0v) is 20.8. The van der Waals surface area contributed by atoms with E-state index in [1.54, 1.807) is 0 Å². The van der Waals surface area contributed by atoms with Crippen molar-refractivity contribution in [3.05, 3.63) is 76.7 Å². The molecule has 6 rings (SSSR count). The van der Waals surface area contributed by atoms with Gasteiger partial charge in [0.2, 0.25) is 16.0 Å². The summed E-state index contributed by atoms with van der Waals surface area (Å²) in [5.41, 5.74) is 4.39. The van der Waals surface area contributed by atoms with E-state index in [0.29, 0.717) is 45.2 Å². The van der Waals surface area contributed by atoms with Crippen molar-refractivity contribution in [3.63, 3.8) is 0 Å². The molecule has 1 fully saturated rings. The Bertz CT molecular complexity index is 1380. The molecular formula is C26H28FN5O3S. The maximum Gasteiger partial charge on any atom is 0.243 e. The summed E-state index contributed by atoms with van der Waals surface area (Å²) in [7, 11) is -3.78. The van der Waals surface area contributed by atoms with Gasteiger partial charge in [0.25, 0.3) is 0 Å². The number of hydrogen-bond donors (Lipinski definition) is 0. The van der Waals surface area contributed by atoms with E-state index >= 15 is 0 Å². The highest BCUT2D eigenvalue weighted by Crippen LogP contribution is 2.33. The molecule has 0 aliphatic carbocycles. The smallest absolute Gasteiger partial charge is 0.243 e. The molecule has 36 heavy (non-hydrogen) atoms. The molecule has 3 aromatic rings. The van der Waals surface area contributed by atoms with Gasteiger partial charge in [-0.15, -0.1) is 0 Å². The summed E-state index contributed by atoms with van der Waals surface area (Å²) in [6.45, 7) is 4.67. The quantitative estimate of drug-likeness (QED) is 0.535. The van der Waals surface area contributed by atoms with Gasteiger partial charge in [-0.3, -0.25) is 0 Å². The Labute approximate surface area is 210 Å². The summed E-state index contributed by atoms with van der Waals surface area (Å²) < 4.78 is 47.1. The van der Waals surface area contributed by atoms with Gasteiger partial charge in [0.15, 0.2) is 0 Å². The van der Waals surface area contributed by atoms with Crippen molar-refractivity contribution in [2.24, 2.45) is 0 Å². The highest BCUT2D eigenvalue weighted by molar-refractivity contribution is 7.89. The number of ether oxygens (including phenoxy) is 1. The van der Waals surface area contributed by atoms with Gasteiger partial charge in [-0.25, -0.2) is 17.8 Å². The van der Waals surface area contributed by atoms with E-state index in [2.05, 4.69) is 34.1 Å². The predicted molar refractivity (Wildman–Crippen MR) is 134 cm³/mol. The van der Waals surface area contributed by atoms with Crippen LogP contribution < -0.4 is 9.80 Å². The molecule has 4 heterocycles. The van der Waals surface area contributed by atoms with Gasteiger partial charge in [-0.2, -0.15) is 9.29 Å². The molecule has 0 amide bonds. The van der Waals surface area contributed by atoms with Gasteiger partial charge < -0.3 is 14.5 Å². The van der Waals surface area contributed by atoms with Crippen molar-refractivity contribution in [2.45, 2.75) is 30.8 Å². The van der Waals surface area contributed by atoms with Gasteiger partial charge in [0, 0.05) is 51.3 Å². The molecular weight excluding hydrogens is 481 g/mol. The van der Waals surface area contributed by atoms with E-state index in [1.807, 2.05) is 0 Å². The number of fused-ring (bicyclic) bond motifs is 2. The Hall–Kier alpha value is -3.08. The summed E-state index contributed by atoms with van der Waals surface area (Å²) in [6.07, 6.45) is 1.43. The number of aromatic nitrogens is 2. The summed E-state index contributed by atoms with van der Waals surface area (Å²) in [4.78, 5) is 14.5. The molecule has 1 aromatic heterocycles. The third kappa shape index (κ3) is 4.33. The molecule has 10 heteroatoms. The second-order valence-electron chi connectivity index (χ2n) is 9.35. The van der Waals surface area contributed by atoms with Gasteiger partial charge in [-0.1, -0.05) is 24.3 Å². The lowest BCUT2D eigenvalue weighted by Gasteiger charge is -2.36. The van der Waals surface area contributed by atoms with Crippen LogP contribution in [0.15, 0.2) is 53.4 Å². The first-order valence-electron chi connectivity index (χ1n) is 12.3. The minimum atomic E-state index is -3.78. The van der Waals surface area contributed by atoms with Crippen LogP contribution in [0.5, 0.6) is 0 Å². The van der Waals surface area contributed by atoms with E-state index in [1.165, 1.54) is 39.7 Å². The van der Waals surface area contributed by atoms with Crippen LogP contribution in [0.25, 0.3) is 0 Å². The predicted octanol–water partition coefficient (Wildman–Crippen LogP) is 2.76. The molecule has 3 aliphatic rings. The normalized spacial score (nSPS) is 18.6. The van der Waals surface area contributed by atoms with E-state index in [-0.39, 0.29) is 11.4 Å². The maximum atomic E-state index is 13.4. The Balaban J connectivity index is 1.35. The van der Waals surface area contributed by atoms with Crippen LogP contribution in [0.1, 0.15) is 22.4 Å². The lowest BCUT2D eigenvalue weighted by molar-refractivity contribution is 0.122. The lowest BCUT2D eigenvalue weighted by Crippen LogP contribution is -2.42. The molecule has 188 valence electrons. The van der Waals surface area contributed by atoms with E-state index in [0.717, 1.165) is 36.6 Å². The largest absolute Gasteiger partial charge is 0.378 e. The van der Waals surface area contributed by atoms with Gasteiger partial charge in [0.05, 0.1) is 23.8 Å². The maximum absolute atomic E-state index is 13.4. The van der Waals surface area contributed by atoms with Gasteiger partial charge in [0.1, 0.15) is 11.6 Å². The van der Waals surface area contributed by atoms with Crippen molar-refractivity contribution in [1.29, 1.82) is 0 Å². The molecule has 1 saturated heterocycles. The topological polar surface area (TPSA) is 78.9 Å². The van der Waals surface area contributed by atoms with Crippen LogP contribution in [-0.2, 0) is 40.7 Å². The van der Waals surface area contributed by atoms with E-state index in [4.69, 9.17) is 14.7 Å². The second kappa shape index (κ2) is 9.42. The lowest BCUT2D eigenvalue weighted by atomic mass is 10.0. The van der Waals surface area contributed by atoms with Gasteiger partial charge in [-0.05, 0) is 41.8 Å². The van der Waals surface area contributed by atoms with Crippen molar-refractivity contribution >= 4 is 21.8 Å². The number of benzene rings is 2. The Morgan fingerprint density at radius 2 is 1.56 bits per heavy atom. The molecule has 0 saturated carbocycles. The third-order valence-electron chi connectivity index (χ3n) is 7.17. The molecule has 0 N–H and O–H groups in total. The minimum Gasteiger partial charge on any atom is -0.378 e. The molecule has 0 unspecified atom stereocenters. The van der Waals surface area contributed by atoms with Crippen molar-refractivity contribution in [3.8, 4) is 0 Å². The minimum absolute atomic E-state index is 0.0878. The zero-order chi connectivity index (χ0) is 24.7. The zero-order valence-electron chi connectivity index (χ0n) is 19.9. The standard InChI is InChI=1S/C26H28FN5O3S/c27-21-5-7-22(8-6-21)36(33,34)32-12-10-24-23(18-32)25(30-13-15-35-16-14-30)29-26(28-24)31-11-9-19-3-1-2-4-20(19)17-31/h1-8H,9-18H2. The number of morpholine rings is 1. The average molecular weight is 510 g/mol. The average Bonchev–Trinajstić information content (AvgIpc) is 2.92.